The van der Waals surface area contributed by atoms with Crippen LogP contribution in [0.5, 0.6) is 0 Å². The maximum atomic E-state index is 4.84. The van der Waals surface area contributed by atoms with E-state index in [4.69, 9.17) is 4.98 Å². The molecule has 3 heteroatoms. The van der Waals surface area contributed by atoms with Crippen molar-refractivity contribution in [1.82, 2.24) is 14.5 Å². The minimum absolute atomic E-state index is 0.693. The number of aromatic nitrogens is 3. The molecule has 0 aliphatic heterocycles. The molecule has 2 heterocycles. The van der Waals surface area contributed by atoms with Crippen LogP contribution in [0.4, 0.5) is 0 Å². The Bertz CT molecular complexity index is 1140. The van der Waals surface area contributed by atoms with Crippen LogP contribution in [0.3, 0.4) is 0 Å². The van der Waals surface area contributed by atoms with Crippen LogP contribution in [0.15, 0.2) is 91.1 Å². The van der Waals surface area contributed by atoms with Crippen LogP contribution in [-0.4, -0.2) is 14.5 Å². The summed E-state index contributed by atoms with van der Waals surface area (Å²) in [5.41, 5.74) is 4.25. The molecule has 3 nitrogen and oxygen atoms in total. The second-order valence-electron chi connectivity index (χ2n) is 5.98. The van der Waals surface area contributed by atoms with Crippen molar-refractivity contribution < 1.29 is 0 Å². The van der Waals surface area contributed by atoms with E-state index in [0.29, 0.717) is 5.95 Å². The Kier molecular flexibility index (Phi) is 3.10. The third kappa shape index (κ3) is 2.21. The molecule has 0 saturated carbocycles. The lowest BCUT2D eigenvalue weighted by atomic mass is 10.1. The second-order valence-corrected chi connectivity index (χ2v) is 5.98. The first-order valence-corrected chi connectivity index (χ1v) is 8.29. The summed E-state index contributed by atoms with van der Waals surface area (Å²) in [5, 5.41) is 2.43. The molecule has 2 aromatic heterocycles. The Labute approximate surface area is 145 Å². The molecule has 0 aliphatic rings. The van der Waals surface area contributed by atoms with Crippen molar-refractivity contribution in [2.45, 2.75) is 0 Å². The van der Waals surface area contributed by atoms with E-state index in [1.807, 2.05) is 30.5 Å². The zero-order valence-corrected chi connectivity index (χ0v) is 13.5. The van der Waals surface area contributed by atoms with Crippen LogP contribution in [0.2, 0.25) is 0 Å². The normalized spacial score (nSPS) is 11.2. The van der Waals surface area contributed by atoms with Gasteiger partial charge >= 0.3 is 0 Å². The van der Waals surface area contributed by atoms with Crippen LogP contribution >= 0.6 is 0 Å². The summed E-state index contributed by atoms with van der Waals surface area (Å²) in [7, 11) is 0. The lowest BCUT2D eigenvalue weighted by Gasteiger charge is -2.07. The van der Waals surface area contributed by atoms with Crippen LogP contribution in [0.25, 0.3) is 39.0 Å². The predicted octanol–water partition coefficient (Wildman–Crippen LogP) is 5.24. The molecule has 118 valence electrons. The first kappa shape index (κ1) is 13.9. The molecule has 5 aromatic rings. The van der Waals surface area contributed by atoms with Gasteiger partial charge in [-0.1, -0.05) is 66.7 Å². The Morgan fingerprint density at radius 3 is 1.88 bits per heavy atom. The van der Waals surface area contributed by atoms with Crippen molar-refractivity contribution in [3.63, 3.8) is 0 Å². The summed E-state index contributed by atoms with van der Waals surface area (Å²) >= 11 is 0. The quantitative estimate of drug-likeness (QED) is 0.445. The number of benzene rings is 3. The Balaban J connectivity index is 1.81. The number of hydrogen-bond acceptors (Lipinski definition) is 2. The van der Waals surface area contributed by atoms with E-state index < -0.39 is 0 Å². The molecule has 0 N–H and O–H groups in total. The van der Waals surface area contributed by atoms with Gasteiger partial charge in [-0.15, -0.1) is 0 Å². The molecular weight excluding hydrogens is 306 g/mol. The van der Waals surface area contributed by atoms with Gasteiger partial charge < -0.3 is 0 Å². The maximum absolute atomic E-state index is 4.84. The molecular formula is C22H15N3. The fourth-order valence-corrected chi connectivity index (χ4v) is 3.36. The van der Waals surface area contributed by atoms with Crippen molar-refractivity contribution in [3.05, 3.63) is 91.1 Å². The third-order valence-corrected chi connectivity index (χ3v) is 4.49. The molecule has 0 amide bonds. The minimum Gasteiger partial charge on any atom is -0.278 e. The highest BCUT2D eigenvalue weighted by molar-refractivity contribution is 6.08. The fraction of sp³-hybridized carbons (Fsp3) is 0. The molecule has 0 saturated heterocycles. The zero-order chi connectivity index (χ0) is 16.6. The smallest absolute Gasteiger partial charge is 0.235 e. The van der Waals surface area contributed by atoms with E-state index in [1.54, 1.807) is 0 Å². The predicted molar refractivity (Wildman–Crippen MR) is 102 cm³/mol. The molecule has 0 aliphatic carbocycles. The van der Waals surface area contributed by atoms with E-state index >= 15 is 0 Å². The lowest BCUT2D eigenvalue weighted by Crippen LogP contribution is -2.01. The topological polar surface area (TPSA) is 30.7 Å². The summed E-state index contributed by atoms with van der Waals surface area (Å²) < 4.78 is 2.14. The van der Waals surface area contributed by atoms with Crippen molar-refractivity contribution in [3.8, 4) is 17.2 Å². The van der Waals surface area contributed by atoms with Crippen molar-refractivity contribution >= 4 is 21.8 Å². The van der Waals surface area contributed by atoms with E-state index in [-0.39, 0.29) is 0 Å². The highest BCUT2D eigenvalue weighted by atomic mass is 15.2. The SMILES string of the molecule is c1ccc(-c2ccnc(-n3c4ccccc4c4ccccc43)n2)cc1. The van der Waals surface area contributed by atoms with Crippen LogP contribution < -0.4 is 0 Å². The molecule has 0 spiro atoms. The monoisotopic (exact) mass is 321 g/mol. The summed E-state index contributed by atoms with van der Waals surface area (Å²) in [6, 6.07) is 28.9. The van der Waals surface area contributed by atoms with Gasteiger partial charge in [0.15, 0.2) is 0 Å². The van der Waals surface area contributed by atoms with E-state index in [1.165, 1.54) is 10.8 Å². The van der Waals surface area contributed by atoms with E-state index in [2.05, 4.69) is 70.2 Å². The molecule has 0 radical (unpaired) electrons. The third-order valence-electron chi connectivity index (χ3n) is 4.49. The summed E-state index contributed by atoms with van der Waals surface area (Å²) in [6.45, 7) is 0. The first-order chi connectivity index (χ1) is 12.4. The van der Waals surface area contributed by atoms with Gasteiger partial charge in [-0.3, -0.25) is 4.57 Å². The molecule has 0 fully saturated rings. The minimum atomic E-state index is 0.693. The fourth-order valence-electron chi connectivity index (χ4n) is 3.36. The second kappa shape index (κ2) is 5.56. The Morgan fingerprint density at radius 1 is 0.600 bits per heavy atom. The van der Waals surface area contributed by atoms with Gasteiger partial charge in [-0.05, 0) is 18.2 Å². The maximum Gasteiger partial charge on any atom is 0.235 e. The van der Waals surface area contributed by atoms with Crippen molar-refractivity contribution in [2.75, 3.05) is 0 Å². The van der Waals surface area contributed by atoms with Crippen LogP contribution in [0.1, 0.15) is 0 Å². The summed E-state index contributed by atoms with van der Waals surface area (Å²) in [4.78, 5) is 9.40. The van der Waals surface area contributed by atoms with Gasteiger partial charge in [-0.2, -0.15) is 0 Å². The van der Waals surface area contributed by atoms with Crippen LogP contribution in [0, 0.1) is 0 Å². The molecule has 0 atom stereocenters. The van der Waals surface area contributed by atoms with Crippen LogP contribution in [-0.2, 0) is 0 Å². The van der Waals surface area contributed by atoms with E-state index in [0.717, 1.165) is 22.3 Å². The standard InChI is InChI=1S/C22H15N3/c1-2-8-16(9-3-1)19-14-15-23-22(24-19)25-20-12-6-4-10-17(20)18-11-5-7-13-21(18)25/h1-15H. The van der Waals surface area contributed by atoms with Gasteiger partial charge in [0.25, 0.3) is 0 Å². The molecule has 5 rings (SSSR count). The van der Waals surface area contributed by atoms with Gasteiger partial charge in [0.1, 0.15) is 0 Å². The molecule has 0 unspecified atom stereocenters. The highest BCUT2D eigenvalue weighted by Crippen LogP contribution is 2.31. The van der Waals surface area contributed by atoms with Gasteiger partial charge in [-0.25, -0.2) is 9.97 Å². The number of rotatable bonds is 2. The zero-order valence-electron chi connectivity index (χ0n) is 13.5. The largest absolute Gasteiger partial charge is 0.278 e. The molecule has 3 aromatic carbocycles. The van der Waals surface area contributed by atoms with Gasteiger partial charge in [0.05, 0.1) is 16.7 Å². The summed E-state index contributed by atoms with van der Waals surface area (Å²) in [5.74, 6) is 0.693. The van der Waals surface area contributed by atoms with E-state index in [9.17, 15) is 0 Å². The number of hydrogen-bond donors (Lipinski definition) is 0. The average molecular weight is 321 g/mol. The average Bonchev–Trinajstić information content (AvgIpc) is 3.03. The summed E-state index contributed by atoms with van der Waals surface area (Å²) in [6.07, 6.45) is 1.83. The highest BCUT2D eigenvalue weighted by Gasteiger charge is 2.13. The number of nitrogens with zero attached hydrogens (tertiary/aromatic N) is 3. The van der Waals surface area contributed by atoms with Gasteiger partial charge in [0, 0.05) is 22.5 Å². The Hall–Kier alpha value is -3.46. The molecule has 0 bridgehead atoms. The Morgan fingerprint density at radius 2 is 1.20 bits per heavy atom. The van der Waals surface area contributed by atoms with Crippen molar-refractivity contribution in [2.24, 2.45) is 0 Å². The number of para-hydroxylation sites is 2. The lowest BCUT2D eigenvalue weighted by molar-refractivity contribution is 0.992. The van der Waals surface area contributed by atoms with Crippen molar-refractivity contribution in [1.29, 1.82) is 0 Å². The first-order valence-electron chi connectivity index (χ1n) is 8.29. The molecule has 25 heavy (non-hydrogen) atoms. The van der Waals surface area contributed by atoms with Gasteiger partial charge in [0.2, 0.25) is 5.95 Å². The number of fused-ring (bicyclic) bond motifs is 3.